The number of rotatable bonds is 6. The zero-order chi connectivity index (χ0) is 22.0. The summed E-state index contributed by atoms with van der Waals surface area (Å²) in [4.78, 5) is 14.6. The van der Waals surface area contributed by atoms with E-state index in [9.17, 15) is 13.2 Å². The zero-order valence-electron chi connectivity index (χ0n) is 17.1. The van der Waals surface area contributed by atoms with Gasteiger partial charge in [-0.1, -0.05) is 17.7 Å². The first-order valence-electron chi connectivity index (χ1n) is 10.0. The van der Waals surface area contributed by atoms with Gasteiger partial charge in [0.1, 0.15) is 11.5 Å². The second-order valence-corrected chi connectivity index (χ2v) is 9.95. The fourth-order valence-electron chi connectivity index (χ4n) is 3.63. The van der Waals surface area contributed by atoms with Crippen LogP contribution in [0, 0.1) is 0 Å². The maximum atomic E-state index is 12.9. The Morgan fingerprint density at radius 1 is 1.06 bits per heavy atom. The highest BCUT2D eigenvalue weighted by Crippen LogP contribution is 2.25. The lowest BCUT2D eigenvalue weighted by Crippen LogP contribution is -2.29. The molecule has 31 heavy (non-hydrogen) atoms. The number of sulfonamides is 1. The summed E-state index contributed by atoms with van der Waals surface area (Å²) >= 11 is 5.93. The molecule has 6 nitrogen and oxygen atoms in total. The molecule has 3 aromatic rings. The number of carbonyl (C=O) groups is 1. The highest BCUT2D eigenvalue weighted by Gasteiger charge is 2.28. The van der Waals surface area contributed by atoms with Crippen molar-refractivity contribution in [1.29, 1.82) is 0 Å². The third-order valence-corrected chi connectivity index (χ3v) is 7.46. The molecule has 0 N–H and O–H groups in total. The van der Waals surface area contributed by atoms with Crippen molar-refractivity contribution in [3.8, 4) is 11.3 Å². The molecule has 2 aromatic carbocycles. The molecule has 162 valence electrons. The fraction of sp³-hybridized carbons (Fsp3) is 0.261. The average molecular weight is 459 g/mol. The van der Waals surface area contributed by atoms with E-state index >= 15 is 0 Å². The van der Waals surface area contributed by atoms with Crippen molar-refractivity contribution < 1.29 is 17.6 Å². The van der Waals surface area contributed by atoms with E-state index in [2.05, 4.69) is 0 Å². The minimum atomic E-state index is -3.58. The Labute approximate surface area is 187 Å². The Hall–Kier alpha value is -2.61. The molecule has 4 rings (SSSR count). The first kappa shape index (κ1) is 21.6. The van der Waals surface area contributed by atoms with Crippen LogP contribution < -0.4 is 0 Å². The van der Waals surface area contributed by atoms with E-state index in [-0.39, 0.29) is 17.3 Å². The first-order valence-corrected chi connectivity index (χ1v) is 11.9. The van der Waals surface area contributed by atoms with Gasteiger partial charge in [0, 0.05) is 36.3 Å². The molecule has 0 aliphatic carbocycles. The number of carbonyl (C=O) groups excluding carboxylic acids is 1. The summed E-state index contributed by atoms with van der Waals surface area (Å²) in [7, 11) is -1.91. The minimum Gasteiger partial charge on any atom is -0.459 e. The van der Waals surface area contributed by atoms with Gasteiger partial charge in [-0.15, -0.1) is 0 Å². The number of hydrogen-bond acceptors (Lipinski definition) is 4. The number of hydrogen-bond donors (Lipinski definition) is 0. The van der Waals surface area contributed by atoms with Crippen molar-refractivity contribution in [3.63, 3.8) is 0 Å². The first-order chi connectivity index (χ1) is 14.8. The predicted octanol–water partition coefficient (Wildman–Crippen LogP) is 4.66. The SMILES string of the molecule is CN(Cc1ccc(-c2ccc(Cl)cc2)o1)C(=O)c1cccc(S(=O)(=O)N2CCCC2)c1. The minimum absolute atomic E-state index is 0.150. The van der Waals surface area contributed by atoms with E-state index in [4.69, 9.17) is 16.0 Å². The van der Waals surface area contributed by atoms with Gasteiger partial charge in [0.15, 0.2) is 0 Å². The van der Waals surface area contributed by atoms with Gasteiger partial charge in [0.2, 0.25) is 10.0 Å². The largest absolute Gasteiger partial charge is 0.459 e. The second-order valence-electron chi connectivity index (χ2n) is 7.57. The Bertz CT molecular complexity index is 1180. The molecule has 0 bridgehead atoms. The third kappa shape index (κ3) is 4.69. The standard InChI is InChI=1S/C23H23ClN2O4S/c1-25(16-20-11-12-22(30-20)17-7-9-19(24)10-8-17)23(27)18-5-4-6-21(15-18)31(28,29)26-13-2-3-14-26/h4-12,15H,2-3,13-14,16H2,1H3. The van der Waals surface area contributed by atoms with Crippen molar-refractivity contribution >= 4 is 27.5 Å². The maximum Gasteiger partial charge on any atom is 0.254 e. The smallest absolute Gasteiger partial charge is 0.254 e. The zero-order valence-corrected chi connectivity index (χ0v) is 18.7. The number of nitrogens with zero attached hydrogens (tertiary/aromatic N) is 2. The van der Waals surface area contributed by atoms with E-state index < -0.39 is 10.0 Å². The van der Waals surface area contributed by atoms with Crippen LogP contribution in [0.4, 0.5) is 0 Å². The van der Waals surface area contributed by atoms with Crippen molar-refractivity contribution in [1.82, 2.24) is 9.21 Å². The molecule has 1 saturated heterocycles. The van der Waals surface area contributed by atoms with Gasteiger partial charge in [-0.2, -0.15) is 4.31 Å². The molecule has 1 aliphatic rings. The van der Waals surface area contributed by atoms with Crippen molar-refractivity contribution in [2.75, 3.05) is 20.1 Å². The quantitative estimate of drug-likeness (QED) is 0.538. The average Bonchev–Trinajstić information content (AvgIpc) is 3.47. The van der Waals surface area contributed by atoms with Crippen LogP contribution in [-0.4, -0.2) is 43.7 Å². The van der Waals surface area contributed by atoms with Crippen molar-refractivity contribution in [2.24, 2.45) is 0 Å². The summed E-state index contributed by atoms with van der Waals surface area (Å²) in [5.41, 5.74) is 1.22. The lowest BCUT2D eigenvalue weighted by atomic mass is 10.2. The van der Waals surface area contributed by atoms with E-state index in [0.717, 1.165) is 18.4 Å². The van der Waals surface area contributed by atoms with Crippen LogP contribution in [0.1, 0.15) is 29.0 Å². The topological polar surface area (TPSA) is 70.8 Å². The molecule has 1 amide bonds. The summed E-state index contributed by atoms with van der Waals surface area (Å²) < 4.78 is 33.0. The monoisotopic (exact) mass is 458 g/mol. The van der Waals surface area contributed by atoms with Gasteiger partial charge in [-0.05, 0) is 67.4 Å². The summed E-state index contributed by atoms with van der Waals surface area (Å²) in [5, 5.41) is 0.648. The molecule has 1 fully saturated rings. The molecule has 0 atom stereocenters. The van der Waals surface area contributed by atoms with Gasteiger partial charge in [-0.25, -0.2) is 8.42 Å². The maximum absolute atomic E-state index is 12.9. The molecular formula is C23H23ClN2O4S. The van der Waals surface area contributed by atoms with E-state index in [1.807, 2.05) is 24.3 Å². The Morgan fingerprint density at radius 2 is 1.77 bits per heavy atom. The molecule has 0 radical (unpaired) electrons. The van der Waals surface area contributed by atoms with Gasteiger partial charge in [0.05, 0.1) is 11.4 Å². The highest BCUT2D eigenvalue weighted by molar-refractivity contribution is 7.89. The number of amides is 1. The molecule has 0 saturated carbocycles. The van der Waals surface area contributed by atoms with Crippen LogP contribution in [0.2, 0.25) is 5.02 Å². The van der Waals surface area contributed by atoms with Crippen LogP contribution in [0.15, 0.2) is 70.0 Å². The number of halogens is 1. The van der Waals surface area contributed by atoms with Gasteiger partial charge in [-0.3, -0.25) is 4.79 Å². The molecule has 1 aliphatic heterocycles. The molecule has 2 heterocycles. The second kappa shape index (κ2) is 8.86. The van der Waals surface area contributed by atoms with E-state index in [1.54, 1.807) is 31.3 Å². The Morgan fingerprint density at radius 3 is 2.48 bits per heavy atom. The predicted molar refractivity (Wildman–Crippen MR) is 119 cm³/mol. The van der Waals surface area contributed by atoms with Crippen molar-refractivity contribution in [2.45, 2.75) is 24.3 Å². The lowest BCUT2D eigenvalue weighted by Gasteiger charge is -2.18. The summed E-state index contributed by atoms with van der Waals surface area (Å²) in [6.45, 7) is 1.30. The Kier molecular flexibility index (Phi) is 6.18. The molecule has 8 heteroatoms. The number of furan rings is 1. The summed E-state index contributed by atoms with van der Waals surface area (Å²) in [6.07, 6.45) is 1.73. The van der Waals surface area contributed by atoms with E-state index in [1.165, 1.54) is 21.3 Å². The van der Waals surface area contributed by atoms with Crippen LogP contribution in [0.5, 0.6) is 0 Å². The molecule has 0 spiro atoms. The highest BCUT2D eigenvalue weighted by atomic mass is 35.5. The van der Waals surface area contributed by atoms with Crippen LogP contribution in [0.25, 0.3) is 11.3 Å². The molecule has 1 aromatic heterocycles. The molecular weight excluding hydrogens is 436 g/mol. The summed E-state index contributed by atoms with van der Waals surface area (Å²) in [5.74, 6) is 1.04. The van der Waals surface area contributed by atoms with Gasteiger partial charge < -0.3 is 9.32 Å². The van der Waals surface area contributed by atoms with Gasteiger partial charge >= 0.3 is 0 Å². The van der Waals surface area contributed by atoms with E-state index in [0.29, 0.717) is 35.2 Å². The fourth-order valence-corrected chi connectivity index (χ4v) is 5.31. The summed E-state index contributed by atoms with van der Waals surface area (Å²) in [6, 6.07) is 17.2. The van der Waals surface area contributed by atoms with Crippen LogP contribution in [0.3, 0.4) is 0 Å². The van der Waals surface area contributed by atoms with Gasteiger partial charge in [0.25, 0.3) is 5.91 Å². The Balaban J connectivity index is 1.48. The van der Waals surface area contributed by atoms with Crippen molar-refractivity contribution in [3.05, 3.63) is 77.0 Å². The lowest BCUT2D eigenvalue weighted by molar-refractivity contribution is 0.0775. The normalized spacial score (nSPS) is 14.6. The van der Waals surface area contributed by atoms with Crippen LogP contribution >= 0.6 is 11.6 Å². The number of benzene rings is 2. The molecule has 0 unspecified atom stereocenters. The third-order valence-electron chi connectivity index (χ3n) is 5.31. The van der Waals surface area contributed by atoms with Crippen LogP contribution in [-0.2, 0) is 16.6 Å².